The number of hydrogen-bond donors (Lipinski definition) is 3. The molecule has 1 aliphatic rings. The number of nitrogens with zero attached hydrogens (tertiary/aromatic N) is 1. The zero-order valence-electron chi connectivity index (χ0n) is 13.4. The molecule has 0 saturated carbocycles. The van der Waals surface area contributed by atoms with Gasteiger partial charge < -0.3 is 20.1 Å². The van der Waals surface area contributed by atoms with Crippen molar-refractivity contribution in [2.75, 3.05) is 25.1 Å². The SMILES string of the molecule is CCC[C@@](C)(CCCNC(=O)Nc1cn[nH]c1)C1OCCO1. The molecule has 124 valence electrons. The average Bonchev–Trinajstić information content (AvgIpc) is 3.17. The molecule has 3 N–H and O–H groups in total. The first-order chi connectivity index (χ1) is 10.6. The normalized spacial score (nSPS) is 18.1. The van der Waals surface area contributed by atoms with E-state index in [1.807, 2.05) is 0 Å². The lowest BCUT2D eigenvalue weighted by molar-refractivity contribution is -0.133. The fraction of sp³-hybridized carbons (Fsp3) is 0.733. The molecule has 22 heavy (non-hydrogen) atoms. The Morgan fingerprint density at radius 2 is 2.23 bits per heavy atom. The number of urea groups is 1. The molecule has 7 nitrogen and oxygen atoms in total. The number of anilines is 1. The van der Waals surface area contributed by atoms with Crippen LogP contribution in [0, 0.1) is 5.41 Å². The smallest absolute Gasteiger partial charge is 0.319 e. The van der Waals surface area contributed by atoms with Gasteiger partial charge >= 0.3 is 6.03 Å². The van der Waals surface area contributed by atoms with Gasteiger partial charge in [0.1, 0.15) is 0 Å². The van der Waals surface area contributed by atoms with Crippen LogP contribution in [0.15, 0.2) is 12.4 Å². The zero-order valence-corrected chi connectivity index (χ0v) is 13.4. The Morgan fingerprint density at radius 1 is 1.45 bits per heavy atom. The molecule has 1 aromatic heterocycles. The highest BCUT2D eigenvalue weighted by atomic mass is 16.7. The van der Waals surface area contributed by atoms with Crippen LogP contribution >= 0.6 is 0 Å². The van der Waals surface area contributed by atoms with Crippen LogP contribution in [0.1, 0.15) is 39.5 Å². The first kappa shape index (κ1) is 16.8. The van der Waals surface area contributed by atoms with Crippen molar-refractivity contribution >= 4 is 11.7 Å². The topological polar surface area (TPSA) is 88.3 Å². The molecule has 2 amide bonds. The second-order valence-electron chi connectivity index (χ2n) is 5.95. The molecule has 1 aliphatic heterocycles. The van der Waals surface area contributed by atoms with E-state index in [4.69, 9.17) is 9.47 Å². The molecule has 0 aliphatic carbocycles. The van der Waals surface area contributed by atoms with Crippen molar-refractivity contribution in [2.45, 2.75) is 45.8 Å². The number of rotatable bonds is 8. The van der Waals surface area contributed by atoms with Gasteiger partial charge in [-0.05, 0) is 19.3 Å². The lowest BCUT2D eigenvalue weighted by Gasteiger charge is -2.33. The van der Waals surface area contributed by atoms with Gasteiger partial charge in [0.25, 0.3) is 0 Å². The minimum absolute atomic E-state index is 0.00790. The van der Waals surface area contributed by atoms with Crippen LogP contribution in [0.3, 0.4) is 0 Å². The van der Waals surface area contributed by atoms with Gasteiger partial charge in [0.2, 0.25) is 0 Å². The van der Waals surface area contributed by atoms with Gasteiger partial charge in [-0.3, -0.25) is 5.10 Å². The van der Waals surface area contributed by atoms with Gasteiger partial charge in [-0.15, -0.1) is 0 Å². The lowest BCUT2D eigenvalue weighted by Crippen LogP contribution is -2.35. The second-order valence-corrected chi connectivity index (χ2v) is 5.95. The Hall–Kier alpha value is -1.60. The van der Waals surface area contributed by atoms with Crippen molar-refractivity contribution in [3.63, 3.8) is 0 Å². The Kier molecular flexibility index (Phi) is 6.21. The van der Waals surface area contributed by atoms with Crippen molar-refractivity contribution < 1.29 is 14.3 Å². The van der Waals surface area contributed by atoms with Crippen LogP contribution in [0.5, 0.6) is 0 Å². The van der Waals surface area contributed by atoms with E-state index in [1.165, 1.54) is 0 Å². The van der Waals surface area contributed by atoms with Gasteiger partial charge in [0.15, 0.2) is 6.29 Å². The first-order valence-corrected chi connectivity index (χ1v) is 7.91. The van der Waals surface area contributed by atoms with E-state index in [-0.39, 0.29) is 17.7 Å². The quantitative estimate of drug-likeness (QED) is 0.644. The number of carbonyl (C=O) groups excluding carboxylic acids is 1. The summed E-state index contributed by atoms with van der Waals surface area (Å²) in [4.78, 5) is 11.7. The minimum Gasteiger partial charge on any atom is -0.350 e. The number of hydrogen-bond acceptors (Lipinski definition) is 4. The van der Waals surface area contributed by atoms with Crippen LogP contribution in [-0.2, 0) is 9.47 Å². The van der Waals surface area contributed by atoms with E-state index in [9.17, 15) is 4.79 Å². The molecular weight excluding hydrogens is 284 g/mol. The molecule has 0 radical (unpaired) electrons. The summed E-state index contributed by atoms with van der Waals surface area (Å²) in [5.41, 5.74) is 0.662. The number of H-pyrrole nitrogens is 1. The summed E-state index contributed by atoms with van der Waals surface area (Å²) in [5, 5.41) is 12.0. The standard InChI is InChI=1S/C15H26N4O3/c1-3-5-15(2,13-21-8-9-22-13)6-4-7-16-14(20)19-12-10-17-18-11-12/h10-11,13H,3-9H2,1-2H3,(H,17,18)(H2,16,19,20)/t15-/m0/s1. The predicted molar refractivity (Wildman–Crippen MR) is 83.6 cm³/mol. The minimum atomic E-state index is -0.216. The number of aromatic nitrogens is 2. The highest BCUT2D eigenvalue weighted by Gasteiger charge is 2.37. The fourth-order valence-electron chi connectivity index (χ4n) is 2.88. The third kappa shape index (κ3) is 4.71. The summed E-state index contributed by atoms with van der Waals surface area (Å²) in [7, 11) is 0. The maximum atomic E-state index is 11.7. The van der Waals surface area contributed by atoms with E-state index in [0.717, 1.165) is 25.7 Å². The molecule has 0 spiro atoms. The van der Waals surface area contributed by atoms with Crippen LogP contribution in [0.4, 0.5) is 10.5 Å². The van der Waals surface area contributed by atoms with E-state index in [0.29, 0.717) is 25.4 Å². The number of nitrogens with one attached hydrogen (secondary N) is 3. The van der Waals surface area contributed by atoms with Crippen molar-refractivity contribution in [3.8, 4) is 0 Å². The third-order valence-electron chi connectivity index (χ3n) is 3.98. The number of ether oxygens (including phenoxy) is 2. The Balaban J connectivity index is 1.70. The van der Waals surface area contributed by atoms with Gasteiger partial charge in [-0.25, -0.2) is 4.79 Å². The van der Waals surface area contributed by atoms with Crippen LogP contribution in [-0.4, -0.2) is 42.3 Å². The van der Waals surface area contributed by atoms with E-state index in [1.54, 1.807) is 12.4 Å². The molecule has 7 heteroatoms. The largest absolute Gasteiger partial charge is 0.350 e. The fourth-order valence-corrected chi connectivity index (χ4v) is 2.88. The molecular formula is C15H26N4O3. The Morgan fingerprint density at radius 3 is 2.86 bits per heavy atom. The molecule has 1 aromatic rings. The number of amides is 2. The predicted octanol–water partition coefficient (Wildman–Crippen LogP) is 2.49. The van der Waals surface area contributed by atoms with Crippen molar-refractivity contribution in [1.29, 1.82) is 0 Å². The first-order valence-electron chi connectivity index (χ1n) is 7.91. The van der Waals surface area contributed by atoms with Gasteiger partial charge in [0.05, 0.1) is 25.1 Å². The van der Waals surface area contributed by atoms with E-state index < -0.39 is 0 Å². The molecule has 0 aromatic carbocycles. The second kappa shape index (κ2) is 8.14. The molecule has 0 unspecified atom stereocenters. The molecule has 2 heterocycles. The highest BCUT2D eigenvalue weighted by Crippen LogP contribution is 2.37. The summed E-state index contributed by atoms with van der Waals surface area (Å²) in [5.74, 6) is 0. The Bertz CT molecular complexity index is 446. The average molecular weight is 310 g/mol. The van der Waals surface area contributed by atoms with Crippen LogP contribution in [0.25, 0.3) is 0 Å². The van der Waals surface area contributed by atoms with Crippen molar-refractivity contribution in [2.24, 2.45) is 5.41 Å². The maximum absolute atomic E-state index is 11.7. The van der Waals surface area contributed by atoms with Crippen molar-refractivity contribution in [3.05, 3.63) is 12.4 Å². The lowest BCUT2D eigenvalue weighted by atomic mass is 9.80. The molecule has 0 bridgehead atoms. The summed E-state index contributed by atoms with van der Waals surface area (Å²) in [6, 6.07) is -0.216. The van der Waals surface area contributed by atoms with Crippen molar-refractivity contribution in [1.82, 2.24) is 15.5 Å². The van der Waals surface area contributed by atoms with Gasteiger partial charge in [-0.1, -0.05) is 20.3 Å². The number of aromatic amines is 1. The zero-order chi connectivity index (χ0) is 15.8. The summed E-state index contributed by atoms with van der Waals surface area (Å²) >= 11 is 0. The van der Waals surface area contributed by atoms with Gasteiger partial charge in [0, 0.05) is 18.2 Å². The molecule has 1 atom stereocenters. The summed E-state index contributed by atoms with van der Waals surface area (Å²) in [6.45, 7) is 6.35. The van der Waals surface area contributed by atoms with Crippen LogP contribution in [0.2, 0.25) is 0 Å². The number of carbonyl (C=O) groups is 1. The Labute approximate surface area is 131 Å². The molecule has 1 saturated heterocycles. The third-order valence-corrected chi connectivity index (χ3v) is 3.98. The van der Waals surface area contributed by atoms with E-state index >= 15 is 0 Å². The van der Waals surface area contributed by atoms with Gasteiger partial charge in [-0.2, -0.15) is 5.10 Å². The van der Waals surface area contributed by atoms with E-state index in [2.05, 4.69) is 34.7 Å². The van der Waals surface area contributed by atoms with Crippen LogP contribution < -0.4 is 10.6 Å². The molecule has 1 fully saturated rings. The molecule has 2 rings (SSSR count). The maximum Gasteiger partial charge on any atom is 0.319 e. The summed E-state index contributed by atoms with van der Waals surface area (Å²) < 4.78 is 11.4. The highest BCUT2D eigenvalue weighted by molar-refractivity contribution is 5.88. The summed E-state index contributed by atoms with van der Waals surface area (Å²) in [6.07, 6.45) is 7.06. The monoisotopic (exact) mass is 310 g/mol.